The molecule has 2 aromatic rings. The highest BCUT2D eigenvalue weighted by molar-refractivity contribution is 5.69. The van der Waals surface area contributed by atoms with Gasteiger partial charge < -0.3 is 14.8 Å². The zero-order chi connectivity index (χ0) is 13.8. The highest BCUT2D eigenvalue weighted by Gasteiger charge is 2.33. The van der Waals surface area contributed by atoms with Crippen LogP contribution < -0.4 is 14.8 Å². The lowest BCUT2D eigenvalue weighted by atomic mass is 9.95. The number of hydrogen-bond acceptors (Lipinski definition) is 3. The first-order valence-corrected chi connectivity index (χ1v) is 7.66. The second kappa shape index (κ2) is 4.25. The summed E-state index contributed by atoms with van der Waals surface area (Å²) in [7, 11) is 0. The van der Waals surface area contributed by atoms with Crippen LogP contribution in [0, 0.1) is 0 Å². The molecule has 1 unspecified atom stereocenters. The Balaban J connectivity index is 1.59. The average Bonchev–Trinajstić information content (AvgIpc) is 3.10. The Morgan fingerprint density at radius 2 is 1.76 bits per heavy atom. The molecule has 0 saturated carbocycles. The van der Waals surface area contributed by atoms with Crippen LogP contribution in [-0.4, -0.2) is 13.3 Å². The van der Waals surface area contributed by atoms with Gasteiger partial charge in [-0.25, -0.2) is 0 Å². The van der Waals surface area contributed by atoms with Crippen molar-refractivity contribution in [3.63, 3.8) is 0 Å². The number of fused-ring (bicyclic) bond motifs is 6. The molecule has 2 aromatic carbocycles. The van der Waals surface area contributed by atoms with Crippen LogP contribution in [0.4, 0.5) is 0 Å². The lowest BCUT2D eigenvalue weighted by Crippen LogP contribution is -2.25. The third-order valence-electron chi connectivity index (χ3n) is 5.01. The summed E-state index contributed by atoms with van der Waals surface area (Å²) < 4.78 is 10.9. The third kappa shape index (κ3) is 1.70. The molecule has 1 aliphatic carbocycles. The molecule has 0 aromatic heterocycles. The van der Waals surface area contributed by atoms with E-state index in [4.69, 9.17) is 9.47 Å². The minimum atomic E-state index is 0.330. The first-order valence-electron chi connectivity index (χ1n) is 7.66. The van der Waals surface area contributed by atoms with Gasteiger partial charge in [0.05, 0.1) is 0 Å². The van der Waals surface area contributed by atoms with Gasteiger partial charge in [0.25, 0.3) is 0 Å². The predicted molar refractivity (Wildman–Crippen MR) is 80.7 cm³/mol. The standard InChI is InChI=1S/C18H17NO2/c1-3-14-13-5-6-19-16(8-13)15(14)7-11(1)12-2-4-17-18(9-12)21-10-20-17/h1-4,7,9,13,16,19H,5-6,8,10H2/t13?,16-/m0/s1. The highest BCUT2D eigenvalue weighted by Crippen LogP contribution is 2.46. The number of benzene rings is 2. The van der Waals surface area contributed by atoms with Crippen LogP contribution in [0.5, 0.6) is 11.5 Å². The molecular weight excluding hydrogens is 262 g/mol. The van der Waals surface area contributed by atoms with Crippen LogP contribution in [0.25, 0.3) is 11.1 Å². The molecule has 3 heteroatoms. The molecule has 106 valence electrons. The second-order valence-corrected chi connectivity index (χ2v) is 6.14. The highest BCUT2D eigenvalue weighted by atomic mass is 16.7. The normalized spacial score (nSPS) is 25.0. The first-order chi connectivity index (χ1) is 10.4. The van der Waals surface area contributed by atoms with Gasteiger partial charge in [0.1, 0.15) is 0 Å². The quantitative estimate of drug-likeness (QED) is 0.865. The molecule has 0 radical (unpaired) electrons. The van der Waals surface area contributed by atoms with Crippen molar-refractivity contribution in [3.8, 4) is 22.6 Å². The van der Waals surface area contributed by atoms with Crippen LogP contribution in [0.3, 0.4) is 0 Å². The SMILES string of the molecule is c1cc2c(cc1-c1ccc3c(c1)[C@@H]1CC3CCN1)OCO2. The van der Waals surface area contributed by atoms with Crippen molar-refractivity contribution in [3.05, 3.63) is 47.5 Å². The summed E-state index contributed by atoms with van der Waals surface area (Å²) in [6.07, 6.45) is 2.53. The Labute approximate surface area is 123 Å². The first kappa shape index (κ1) is 11.6. The minimum Gasteiger partial charge on any atom is -0.454 e. The van der Waals surface area contributed by atoms with E-state index in [9.17, 15) is 0 Å². The summed E-state index contributed by atoms with van der Waals surface area (Å²) in [4.78, 5) is 0. The molecule has 1 saturated heterocycles. The fourth-order valence-corrected chi connectivity index (χ4v) is 3.94. The smallest absolute Gasteiger partial charge is 0.231 e. The largest absolute Gasteiger partial charge is 0.454 e. The Hall–Kier alpha value is -2.00. The molecule has 21 heavy (non-hydrogen) atoms. The number of piperidine rings is 1. The van der Waals surface area contributed by atoms with Crippen LogP contribution in [-0.2, 0) is 0 Å². The molecule has 2 aliphatic heterocycles. The summed E-state index contributed by atoms with van der Waals surface area (Å²) in [5.74, 6) is 2.46. The van der Waals surface area contributed by atoms with Crippen molar-refractivity contribution >= 4 is 0 Å². The average molecular weight is 279 g/mol. The Bertz CT molecular complexity index is 725. The summed E-state index contributed by atoms with van der Waals surface area (Å²) in [6.45, 7) is 1.47. The van der Waals surface area contributed by atoms with E-state index in [1.807, 2.05) is 6.07 Å². The van der Waals surface area contributed by atoms with Crippen LogP contribution in [0.15, 0.2) is 36.4 Å². The molecule has 1 N–H and O–H groups in total. The van der Waals surface area contributed by atoms with Gasteiger partial charge in [0.15, 0.2) is 11.5 Å². The Morgan fingerprint density at radius 3 is 2.76 bits per heavy atom. The fourth-order valence-electron chi connectivity index (χ4n) is 3.94. The van der Waals surface area contributed by atoms with Crippen LogP contribution in [0.2, 0.25) is 0 Å². The van der Waals surface area contributed by atoms with Crippen molar-refractivity contribution < 1.29 is 9.47 Å². The molecule has 2 atom stereocenters. The molecular formula is C18H17NO2. The maximum absolute atomic E-state index is 5.49. The number of ether oxygens (including phenoxy) is 2. The monoisotopic (exact) mass is 279 g/mol. The maximum Gasteiger partial charge on any atom is 0.231 e. The van der Waals surface area contributed by atoms with Gasteiger partial charge in [-0.2, -0.15) is 0 Å². The topological polar surface area (TPSA) is 30.5 Å². The van der Waals surface area contributed by atoms with E-state index in [1.165, 1.54) is 29.5 Å². The Morgan fingerprint density at radius 1 is 0.905 bits per heavy atom. The number of hydrogen-bond donors (Lipinski definition) is 1. The van der Waals surface area contributed by atoms with E-state index in [0.29, 0.717) is 12.8 Å². The van der Waals surface area contributed by atoms with Gasteiger partial charge in [0, 0.05) is 6.04 Å². The zero-order valence-corrected chi connectivity index (χ0v) is 11.8. The van der Waals surface area contributed by atoms with Crippen molar-refractivity contribution in [2.45, 2.75) is 24.8 Å². The van der Waals surface area contributed by atoms with Gasteiger partial charge in [-0.3, -0.25) is 0 Å². The molecule has 2 heterocycles. The van der Waals surface area contributed by atoms with Gasteiger partial charge in [0.2, 0.25) is 6.79 Å². The lowest BCUT2D eigenvalue weighted by molar-refractivity contribution is 0.174. The third-order valence-corrected chi connectivity index (χ3v) is 5.01. The molecule has 2 bridgehead atoms. The van der Waals surface area contributed by atoms with Crippen LogP contribution in [0.1, 0.15) is 35.9 Å². The summed E-state index contributed by atoms with van der Waals surface area (Å²) in [5, 5.41) is 3.64. The van der Waals surface area contributed by atoms with E-state index in [0.717, 1.165) is 24.0 Å². The van der Waals surface area contributed by atoms with E-state index in [2.05, 4.69) is 35.6 Å². The van der Waals surface area contributed by atoms with Gasteiger partial charge in [-0.1, -0.05) is 18.2 Å². The summed E-state index contributed by atoms with van der Waals surface area (Å²) in [5.41, 5.74) is 5.51. The van der Waals surface area contributed by atoms with E-state index < -0.39 is 0 Å². The molecule has 1 fully saturated rings. The summed E-state index contributed by atoms with van der Waals surface area (Å²) in [6, 6.07) is 13.7. The van der Waals surface area contributed by atoms with Crippen molar-refractivity contribution in [2.75, 3.05) is 13.3 Å². The van der Waals surface area contributed by atoms with Gasteiger partial charge in [-0.15, -0.1) is 0 Å². The second-order valence-electron chi connectivity index (χ2n) is 6.14. The number of nitrogens with one attached hydrogen (secondary N) is 1. The Kier molecular flexibility index (Phi) is 2.35. The zero-order valence-electron chi connectivity index (χ0n) is 11.8. The predicted octanol–water partition coefficient (Wildman–Crippen LogP) is 3.60. The van der Waals surface area contributed by atoms with Gasteiger partial charge >= 0.3 is 0 Å². The summed E-state index contributed by atoms with van der Waals surface area (Å²) >= 11 is 0. The van der Waals surface area contributed by atoms with Gasteiger partial charge in [-0.05, 0) is 65.8 Å². The lowest BCUT2D eigenvalue weighted by Gasteiger charge is -2.20. The maximum atomic E-state index is 5.49. The molecule has 0 amide bonds. The number of rotatable bonds is 1. The van der Waals surface area contributed by atoms with Crippen LogP contribution >= 0.6 is 0 Å². The van der Waals surface area contributed by atoms with E-state index >= 15 is 0 Å². The molecule has 5 rings (SSSR count). The van der Waals surface area contributed by atoms with E-state index in [1.54, 1.807) is 5.56 Å². The van der Waals surface area contributed by atoms with E-state index in [-0.39, 0.29) is 0 Å². The molecule has 3 nitrogen and oxygen atoms in total. The fraction of sp³-hybridized carbons (Fsp3) is 0.333. The van der Waals surface area contributed by atoms with Crippen molar-refractivity contribution in [1.29, 1.82) is 0 Å². The minimum absolute atomic E-state index is 0.330. The van der Waals surface area contributed by atoms with Crippen molar-refractivity contribution in [1.82, 2.24) is 5.32 Å². The van der Waals surface area contributed by atoms with Crippen molar-refractivity contribution in [2.24, 2.45) is 0 Å². The molecule has 3 aliphatic rings. The molecule has 0 spiro atoms.